The Bertz CT molecular complexity index is 586. The van der Waals surface area contributed by atoms with E-state index in [0.29, 0.717) is 5.02 Å². The third-order valence-corrected chi connectivity index (χ3v) is 3.68. The van der Waals surface area contributed by atoms with Crippen molar-refractivity contribution in [1.82, 2.24) is 10.3 Å². The Morgan fingerprint density at radius 3 is 2.80 bits per heavy atom. The van der Waals surface area contributed by atoms with Crippen LogP contribution in [0.4, 0.5) is 4.39 Å². The number of halogens is 2. The van der Waals surface area contributed by atoms with E-state index in [9.17, 15) is 4.39 Å². The summed E-state index contributed by atoms with van der Waals surface area (Å²) in [6, 6.07) is 6.72. The zero-order valence-corrected chi connectivity index (χ0v) is 12.4. The predicted molar refractivity (Wildman–Crippen MR) is 80.5 cm³/mol. The topological polar surface area (TPSA) is 24.9 Å². The molecule has 20 heavy (non-hydrogen) atoms. The molecule has 1 aromatic heterocycles. The first-order valence-electron chi connectivity index (χ1n) is 6.69. The summed E-state index contributed by atoms with van der Waals surface area (Å²) in [5.41, 5.74) is 3.27. The Morgan fingerprint density at radius 2 is 2.15 bits per heavy atom. The summed E-state index contributed by atoms with van der Waals surface area (Å²) < 4.78 is 13.1. The maximum atomic E-state index is 13.1. The summed E-state index contributed by atoms with van der Waals surface area (Å²) >= 11 is 6.12. The minimum Gasteiger partial charge on any atom is -0.310 e. The highest BCUT2D eigenvalue weighted by molar-refractivity contribution is 6.31. The van der Waals surface area contributed by atoms with Gasteiger partial charge in [0.2, 0.25) is 0 Å². The lowest BCUT2D eigenvalue weighted by molar-refractivity contribution is 0.545. The molecule has 0 bridgehead atoms. The van der Waals surface area contributed by atoms with Crippen LogP contribution in [0.15, 0.2) is 36.7 Å². The Labute approximate surface area is 124 Å². The number of nitrogens with one attached hydrogen (secondary N) is 1. The molecule has 2 nitrogen and oxygen atoms in total. The van der Waals surface area contributed by atoms with Crippen LogP contribution in [0.1, 0.15) is 29.7 Å². The van der Waals surface area contributed by atoms with Crippen molar-refractivity contribution in [2.24, 2.45) is 0 Å². The SMILES string of the molecule is CCNC(Cc1ccc(F)cc1Cl)c1ccncc1C. The molecule has 1 N–H and O–H groups in total. The van der Waals surface area contributed by atoms with Crippen LogP contribution < -0.4 is 5.32 Å². The highest BCUT2D eigenvalue weighted by atomic mass is 35.5. The first-order chi connectivity index (χ1) is 9.61. The molecule has 1 atom stereocenters. The van der Waals surface area contributed by atoms with Crippen LogP contribution in [0.2, 0.25) is 5.02 Å². The summed E-state index contributed by atoms with van der Waals surface area (Å²) in [5.74, 6) is -0.307. The Balaban J connectivity index is 2.28. The number of likely N-dealkylation sites (N-methyl/N-ethyl adjacent to an activating group) is 1. The van der Waals surface area contributed by atoms with E-state index in [1.165, 1.54) is 17.7 Å². The number of aromatic nitrogens is 1. The molecule has 0 aliphatic rings. The standard InChI is InChI=1S/C16H18ClFN2/c1-3-20-16(14-6-7-19-10-11(14)2)8-12-4-5-13(18)9-15(12)17/h4-7,9-10,16,20H,3,8H2,1-2H3. The van der Waals surface area contributed by atoms with E-state index in [-0.39, 0.29) is 11.9 Å². The molecule has 2 aromatic rings. The van der Waals surface area contributed by atoms with Crippen LogP contribution in [0.5, 0.6) is 0 Å². The van der Waals surface area contributed by atoms with Crippen molar-refractivity contribution in [2.75, 3.05) is 6.54 Å². The number of benzene rings is 1. The number of nitrogens with zero attached hydrogens (tertiary/aromatic N) is 1. The fourth-order valence-electron chi connectivity index (χ4n) is 2.32. The Hall–Kier alpha value is -1.45. The molecule has 4 heteroatoms. The molecular formula is C16H18ClFN2. The average molecular weight is 293 g/mol. The molecule has 106 valence electrons. The Morgan fingerprint density at radius 1 is 1.35 bits per heavy atom. The summed E-state index contributed by atoms with van der Waals surface area (Å²) in [5, 5.41) is 3.92. The second-order valence-electron chi connectivity index (χ2n) is 4.78. The first-order valence-corrected chi connectivity index (χ1v) is 7.07. The molecule has 1 aromatic carbocycles. The van der Waals surface area contributed by atoms with Crippen molar-refractivity contribution in [3.05, 3.63) is 64.2 Å². The second kappa shape index (κ2) is 6.82. The third kappa shape index (κ3) is 3.56. The number of aryl methyl sites for hydroxylation is 1. The van der Waals surface area contributed by atoms with E-state index in [4.69, 9.17) is 11.6 Å². The lowest BCUT2D eigenvalue weighted by atomic mass is 9.96. The van der Waals surface area contributed by atoms with Gasteiger partial charge in [0.05, 0.1) is 0 Å². The molecule has 0 radical (unpaired) electrons. The molecule has 0 aliphatic carbocycles. The molecule has 0 amide bonds. The van der Waals surface area contributed by atoms with Crippen LogP contribution in [0, 0.1) is 12.7 Å². The van der Waals surface area contributed by atoms with E-state index >= 15 is 0 Å². The van der Waals surface area contributed by atoms with Gasteiger partial charge in [0, 0.05) is 23.5 Å². The van der Waals surface area contributed by atoms with Gasteiger partial charge >= 0.3 is 0 Å². The number of rotatable bonds is 5. The van der Waals surface area contributed by atoms with Gasteiger partial charge in [0.15, 0.2) is 0 Å². The largest absolute Gasteiger partial charge is 0.310 e. The van der Waals surface area contributed by atoms with E-state index in [1.54, 1.807) is 12.3 Å². The van der Waals surface area contributed by atoms with Gasteiger partial charge in [0.1, 0.15) is 5.82 Å². The maximum Gasteiger partial charge on any atom is 0.124 e. The van der Waals surface area contributed by atoms with Crippen molar-refractivity contribution in [2.45, 2.75) is 26.3 Å². The molecule has 1 heterocycles. The number of hydrogen-bond donors (Lipinski definition) is 1. The van der Waals surface area contributed by atoms with Crippen LogP contribution in [-0.2, 0) is 6.42 Å². The van der Waals surface area contributed by atoms with Crippen molar-refractivity contribution in [3.63, 3.8) is 0 Å². The van der Waals surface area contributed by atoms with Crippen molar-refractivity contribution in [1.29, 1.82) is 0 Å². The van der Waals surface area contributed by atoms with Gasteiger partial charge in [-0.1, -0.05) is 24.6 Å². The quantitative estimate of drug-likeness (QED) is 0.898. The molecule has 2 rings (SSSR count). The predicted octanol–water partition coefficient (Wildman–Crippen LogP) is 4.08. The van der Waals surface area contributed by atoms with E-state index < -0.39 is 0 Å². The number of pyridine rings is 1. The van der Waals surface area contributed by atoms with Gasteiger partial charge < -0.3 is 5.32 Å². The van der Waals surface area contributed by atoms with Crippen LogP contribution in [0.3, 0.4) is 0 Å². The zero-order chi connectivity index (χ0) is 14.5. The summed E-state index contributed by atoms with van der Waals surface area (Å²) in [6.45, 7) is 4.96. The summed E-state index contributed by atoms with van der Waals surface area (Å²) in [7, 11) is 0. The normalized spacial score (nSPS) is 12.4. The molecule has 0 fully saturated rings. The smallest absolute Gasteiger partial charge is 0.124 e. The fourth-order valence-corrected chi connectivity index (χ4v) is 2.57. The molecule has 0 saturated carbocycles. The van der Waals surface area contributed by atoms with E-state index in [2.05, 4.69) is 17.2 Å². The highest BCUT2D eigenvalue weighted by Gasteiger charge is 2.15. The van der Waals surface area contributed by atoms with Gasteiger partial charge in [-0.05, 0) is 54.8 Å². The molecule has 1 unspecified atom stereocenters. The first kappa shape index (κ1) is 14.9. The van der Waals surface area contributed by atoms with Gasteiger partial charge in [-0.25, -0.2) is 4.39 Å². The zero-order valence-electron chi connectivity index (χ0n) is 11.7. The average Bonchev–Trinajstić information content (AvgIpc) is 2.42. The molecule has 0 aliphatic heterocycles. The van der Waals surface area contributed by atoms with E-state index in [0.717, 1.165) is 24.1 Å². The highest BCUT2D eigenvalue weighted by Crippen LogP contribution is 2.25. The van der Waals surface area contributed by atoms with Crippen LogP contribution >= 0.6 is 11.6 Å². The van der Waals surface area contributed by atoms with Crippen molar-refractivity contribution >= 4 is 11.6 Å². The van der Waals surface area contributed by atoms with Gasteiger partial charge in [-0.3, -0.25) is 4.98 Å². The maximum absolute atomic E-state index is 13.1. The molecule has 0 spiro atoms. The summed E-state index contributed by atoms with van der Waals surface area (Å²) in [4.78, 5) is 4.12. The lowest BCUT2D eigenvalue weighted by Gasteiger charge is -2.20. The minimum atomic E-state index is -0.307. The second-order valence-corrected chi connectivity index (χ2v) is 5.19. The fraction of sp³-hybridized carbons (Fsp3) is 0.312. The van der Waals surface area contributed by atoms with Gasteiger partial charge in [0.25, 0.3) is 0 Å². The van der Waals surface area contributed by atoms with Crippen molar-refractivity contribution < 1.29 is 4.39 Å². The van der Waals surface area contributed by atoms with Crippen LogP contribution in [0.25, 0.3) is 0 Å². The van der Waals surface area contributed by atoms with Gasteiger partial charge in [-0.2, -0.15) is 0 Å². The van der Waals surface area contributed by atoms with E-state index in [1.807, 2.05) is 19.2 Å². The molecule has 0 saturated heterocycles. The van der Waals surface area contributed by atoms with Gasteiger partial charge in [-0.15, -0.1) is 0 Å². The lowest BCUT2D eigenvalue weighted by Crippen LogP contribution is -2.24. The Kier molecular flexibility index (Phi) is 5.10. The van der Waals surface area contributed by atoms with Crippen LogP contribution in [-0.4, -0.2) is 11.5 Å². The minimum absolute atomic E-state index is 0.144. The van der Waals surface area contributed by atoms with Crippen molar-refractivity contribution in [3.8, 4) is 0 Å². The molecular weight excluding hydrogens is 275 g/mol. The number of hydrogen-bond acceptors (Lipinski definition) is 2. The summed E-state index contributed by atoms with van der Waals surface area (Å²) in [6.07, 6.45) is 4.36. The monoisotopic (exact) mass is 292 g/mol. The third-order valence-electron chi connectivity index (χ3n) is 3.33.